The first-order valence-electron chi connectivity index (χ1n) is 2.20. The van der Waals surface area contributed by atoms with Crippen molar-refractivity contribution in [1.82, 2.24) is 0 Å². The van der Waals surface area contributed by atoms with E-state index in [1.165, 1.54) is 5.56 Å². The van der Waals surface area contributed by atoms with Gasteiger partial charge in [0.05, 0.1) is 5.38 Å². The number of aryl methyl sites for hydroxylation is 2. The Kier molecular flexibility index (Phi) is 3.55. The van der Waals surface area contributed by atoms with Gasteiger partial charge in [-0.15, -0.1) is 3.96 Å². The van der Waals surface area contributed by atoms with Gasteiger partial charge in [-0.2, -0.15) is 0 Å². The Labute approximate surface area is 70.5 Å². The van der Waals surface area contributed by atoms with Crippen LogP contribution in [-0.2, 0) is 7.05 Å². The highest BCUT2D eigenvalue weighted by Gasteiger charge is 1.92. The van der Waals surface area contributed by atoms with Crippen LogP contribution in [0.5, 0.6) is 0 Å². The molecular formula is C5H8INS. The molecule has 0 atom stereocenters. The molecule has 0 N–H and O–H groups in total. The number of aromatic nitrogens is 1. The minimum absolute atomic E-state index is 0. The Hall–Kier alpha value is 0.360. The Bertz CT molecular complexity index is 145. The Morgan fingerprint density at radius 1 is 1.62 bits per heavy atom. The molecule has 0 aromatic carbocycles. The first-order chi connectivity index (χ1) is 3.29. The van der Waals surface area contributed by atoms with Crippen LogP contribution >= 0.6 is 11.5 Å². The number of rotatable bonds is 0. The van der Waals surface area contributed by atoms with Crippen molar-refractivity contribution < 1.29 is 27.9 Å². The van der Waals surface area contributed by atoms with E-state index < -0.39 is 0 Å². The van der Waals surface area contributed by atoms with Crippen LogP contribution in [0.4, 0.5) is 0 Å². The lowest BCUT2D eigenvalue weighted by atomic mass is 10.4. The van der Waals surface area contributed by atoms with Crippen LogP contribution < -0.4 is 27.9 Å². The normalized spacial score (nSPS) is 8.25. The lowest BCUT2D eigenvalue weighted by Crippen LogP contribution is -3.00. The molecule has 0 saturated heterocycles. The lowest BCUT2D eigenvalue weighted by Gasteiger charge is -1.64. The zero-order valence-corrected chi connectivity index (χ0v) is 7.86. The van der Waals surface area contributed by atoms with Crippen molar-refractivity contribution in [3.05, 3.63) is 17.1 Å². The van der Waals surface area contributed by atoms with E-state index in [9.17, 15) is 0 Å². The van der Waals surface area contributed by atoms with Gasteiger partial charge in [0.15, 0.2) is 13.2 Å². The second-order valence-corrected chi connectivity index (χ2v) is 2.67. The summed E-state index contributed by atoms with van der Waals surface area (Å²) in [5.41, 5.74) is 1.34. The van der Waals surface area contributed by atoms with Crippen LogP contribution in [0.25, 0.3) is 0 Å². The third-order valence-electron chi connectivity index (χ3n) is 0.790. The Morgan fingerprint density at radius 2 is 2.25 bits per heavy atom. The largest absolute Gasteiger partial charge is 1.00 e. The summed E-state index contributed by atoms with van der Waals surface area (Å²) in [5, 5.41) is 2.12. The van der Waals surface area contributed by atoms with Crippen LogP contribution in [0, 0.1) is 6.92 Å². The fourth-order valence-corrected chi connectivity index (χ4v) is 1.13. The SMILES string of the molecule is Cc1cs[n+](C)c1.[I-]. The van der Waals surface area contributed by atoms with Crippen molar-refractivity contribution in [2.75, 3.05) is 0 Å². The Balaban J connectivity index is 0.000000490. The fourth-order valence-electron chi connectivity index (χ4n) is 0.514. The molecule has 0 aliphatic rings. The molecule has 1 aromatic rings. The van der Waals surface area contributed by atoms with Crippen LogP contribution in [0.1, 0.15) is 5.56 Å². The summed E-state index contributed by atoms with van der Waals surface area (Å²) in [4.78, 5) is 0. The molecule has 0 saturated carbocycles. The van der Waals surface area contributed by atoms with Gasteiger partial charge in [0.25, 0.3) is 0 Å². The Morgan fingerprint density at radius 3 is 2.38 bits per heavy atom. The molecule has 0 bridgehead atoms. The van der Waals surface area contributed by atoms with Crippen LogP contribution in [0.3, 0.4) is 0 Å². The number of hydrogen-bond acceptors (Lipinski definition) is 1. The molecule has 0 aliphatic heterocycles. The van der Waals surface area contributed by atoms with Gasteiger partial charge >= 0.3 is 0 Å². The predicted molar refractivity (Wildman–Crippen MR) is 30.2 cm³/mol. The number of halogens is 1. The monoisotopic (exact) mass is 241 g/mol. The summed E-state index contributed by atoms with van der Waals surface area (Å²) in [6.07, 6.45) is 2.10. The first kappa shape index (κ1) is 8.36. The molecule has 1 aromatic heterocycles. The van der Waals surface area contributed by atoms with Crippen molar-refractivity contribution >= 4 is 11.5 Å². The zero-order valence-electron chi connectivity index (χ0n) is 4.89. The molecule has 0 unspecified atom stereocenters. The fraction of sp³-hybridized carbons (Fsp3) is 0.400. The second kappa shape index (κ2) is 3.40. The van der Waals surface area contributed by atoms with E-state index in [-0.39, 0.29) is 24.0 Å². The van der Waals surface area contributed by atoms with E-state index in [4.69, 9.17) is 0 Å². The number of hydrogen-bond donors (Lipinski definition) is 0. The minimum Gasteiger partial charge on any atom is -1.00 e. The summed E-state index contributed by atoms with van der Waals surface area (Å²) in [6, 6.07) is 0. The van der Waals surface area contributed by atoms with Crippen LogP contribution in [0.2, 0.25) is 0 Å². The van der Waals surface area contributed by atoms with Gasteiger partial charge in [-0.3, -0.25) is 0 Å². The van der Waals surface area contributed by atoms with Crippen molar-refractivity contribution in [2.24, 2.45) is 7.05 Å². The van der Waals surface area contributed by atoms with Gasteiger partial charge < -0.3 is 24.0 Å². The van der Waals surface area contributed by atoms with Crippen molar-refractivity contribution in [1.29, 1.82) is 0 Å². The van der Waals surface area contributed by atoms with Crippen molar-refractivity contribution in [3.63, 3.8) is 0 Å². The average molecular weight is 241 g/mol. The highest BCUT2D eigenvalue weighted by atomic mass is 127. The summed E-state index contributed by atoms with van der Waals surface area (Å²) in [6.45, 7) is 2.09. The summed E-state index contributed by atoms with van der Waals surface area (Å²) >= 11 is 1.72. The maximum absolute atomic E-state index is 2.12. The minimum atomic E-state index is 0. The average Bonchev–Trinajstić information content (AvgIpc) is 1.87. The highest BCUT2D eigenvalue weighted by molar-refractivity contribution is 6.99. The smallest absolute Gasteiger partial charge is 0.186 e. The molecule has 0 amide bonds. The molecule has 1 heterocycles. The van der Waals surface area contributed by atoms with Gasteiger partial charge in [0.1, 0.15) is 11.5 Å². The highest BCUT2D eigenvalue weighted by Crippen LogP contribution is 1.93. The molecule has 1 rings (SSSR count). The van der Waals surface area contributed by atoms with Crippen molar-refractivity contribution in [2.45, 2.75) is 6.92 Å². The maximum atomic E-state index is 2.12. The number of nitrogens with zero attached hydrogens (tertiary/aromatic N) is 1. The van der Waals surface area contributed by atoms with E-state index in [0.717, 1.165) is 0 Å². The van der Waals surface area contributed by atoms with Crippen LogP contribution in [0.15, 0.2) is 11.6 Å². The van der Waals surface area contributed by atoms with E-state index in [1.54, 1.807) is 11.5 Å². The first-order valence-corrected chi connectivity index (χ1v) is 3.04. The van der Waals surface area contributed by atoms with Gasteiger partial charge in [0.2, 0.25) is 0 Å². The lowest BCUT2D eigenvalue weighted by molar-refractivity contribution is -0.600. The standard InChI is InChI=1S/C5H8NS.HI/c1-5-3-6(2)7-4-5;/h3-4H,1-2H3;1H/q+1;/p-1. The maximum Gasteiger partial charge on any atom is 0.186 e. The third-order valence-corrected chi connectivity index (χ3v) is 1.71. The summed E-state index contributed by atoms with van der Waals surface area (Å²) < 4.78 is 2.08. The van der Waals surface area contributed by atoms with E-state index in [2.05, 4.69) is 22.5 Å². The molecule has 0 radical (unpaired) electrons. The molecule has 8 heavy (non-hydrogen) atoms. The molecule has 46 valence electrons. The van der Waals surface area contributed by atoms with Gasteiger partial charge in [-0.05, 0) is 6.92 Å². The quantitative estimate of drug-likeness (QED) is 0.361. The van der Waals surface area contributed by atoms with Gasteiger partial charge in [-0.25, -0.2) is 0 Å². The van der Waals surface area contributed by atoms with E-state index >= 15 is 0 Å². The molecule has 0 spiro atoms. The molecule has 3 heteroatoms. The predicted octanol–water partition coefficient (Wildman–Crippen LogP) is -2.11. The molecule has 1 nitrogen and oxygen atoms in total. The topological polar surface area (TPSA) is 3.88 Å². The summed E-state index contributed by atoms with van der Waals surface area (Å²) in [5.74, 6) is 0. The van der Waals surface area contributed by atoms with E-state index in [1.807, 2.05) is 7.05 Å². The molecule has 0 aliphatic carbocycles. The summed E-state index contributed by atoms with van der Waals surface area (Å²) in [7, 11) is 2.04. The van der Waals surface area contributed by atoms with E-state index in [0.29, 0.717) is 0 Å². The van der Waals surface area contributed by atoms with Gasteiger partial charge in [-0.1, -0.05) is 0 Å². The molecular weight excluding hydrogens is 233 g/mol. The van der Waals surface area contributed by atoms with Crippen LogP contribution in [-0.4, -0.2) is 0 Å². The van der Waals surface area contributed by atoms with Crippen molar-refractivity contribution in [3.8, 4) is 0 Å². The molecule has 0 fully saturated rings. The van der Waals surface area contributed by atoms with Gasteiger partial charge in [0, 0.05) is 5.56 Å². The second-order valence-electron chi connectivity index (χ2n) is 1.64. The zero-order chi connectivity index (χ0) is 5.28. The third kappa shape index (κ3) is 2.09.